The molecule has 0 aliphatic heterocycles. The molecule has 15 heavy (non-hydrogen) atoms. The van der Waals surface area contributed by atoms with Crippen molar-refractivity contribution >= 4 is 0 Å². The first-order valence-corrected chi connectivity index (χ1v) is 6.60. The van der Waals surface area contributed by atoms with Gasteiger partial charge in [0.2, 0.25) is 0 Å². The first-order valence-electron chi connectivity index (χ1n) is 6.60. The van der Waals surface area contributed by atoms with Crippen LogP contribution in [0.2, 0.25) is 0 Å². The lowest BCUT2D eigenvalue weighted by Gasteiger charge is -2.54. The summed E-state index contributed by atoms with van der Waals surface area (Å²) >= 11 is 0. The van der Waals surface area contributed by atoms with E-state index in [0.717, 1.165) is 17.8 Å². The van der Waals surface area contributed by atoms with Gasteiger partial charge in [0.25, 0.3) is 0 Å². The maximum atomic E-state index is 4.37. The van der Waals surface area contributed by atoms with E-state index < -0.39 is 0 Å². The highest BCUT2D eigenvalue weighted by atomic mass is 14.6. The van der Waals surface area contributed by atoms with Gasteiger partial charge in [0.05, 0.1) is 0 Å². The molecule has 0 saturated heterocycles. The van der Waals surface area contributed by atoms with Crippen LogP contribution >= 0.6 is 0 Å². The van der Waals surface area contributed by atoms with Crippen LogP contribution in [-0.4, -0.2) is 0 Å². The average molecular weight is 204 g/mol. The Kier molecular flexibility index (Phi) is 1.79. The molecule has 0 spiro atoms. The summed E-state index contributed by atoms with van der Waals surface area (Å²) in [7, 11) is 0. The molecular weight excluding hydrogens is 180 g/mol. The molecule has 0 aromatic carbocycles. The molecule has 0 unspecified atom stereocenters. The van der Waals surface area contributed by atoms with Crippen molar-refractivity contribution in [1.82, 2.24) is 0 Å². The fraction of sp³-hybridized carbons (Fsp3) is 0.867. The van der Waals surface area contributed by atoms with Crippen LogP contribution in [0.1, 0.15) is 52.9 Å². The van der Waals surface area contributed by atoms with Crippen LogP contribution in [0, 0.1) is 28.6 Å². The summed E-state index contributed by atoms with van der Waals surface area (Å²) < 4.78 is 0. The lowest BCUT2D eigenvalue weighted by atomic mass is 9.51. The molecule has 0 amide bonds. The van der Waals surface area contributed by atoms with E-state index in [1.165, 1.54) is 32.1 Å². The van der Waals surface area contributed by atoms with Crippen LogP contribution in [0.25, 0.3) is 0 Å². The Balaban J connectivity index is 1.80. The Morgan fingerprint density at radius 2 is 1.93 bits per heavy atom. The monoisotopic (exact) mass is 204 g/mol. The highest BCUT2D eigenvalue weighted by Crippen LogP contribution is 2.65. The molecule has 0 heterocycles. The van der Waals surface area contributed by atoms with Gasteiger partial charge in [-0.05, 0) is 60.7 Å². The molecule has 3 fully saturated rings. The van der Waals surface area contributed by atoms with Crippen molar-refractivity contribution in [3.8, 4) is 0 Å². The van der Waals surface area contributed by atoms with Gasteiger partial charge in [-0.15, -0.1) is 0 Å². The molecule has 3 rings (SSSR count). The largest absolute Gasteiger partial charge is 0.0996 e. The highest BCUT2D eigenvalue weighted by molar-refractivity contribution is 5.19. The number of hydrogen-bond donors (Lipinski definition) is 0. The molecule has 0 aromatic rings. The standard InChI is InChI=1S/C15H24/c1-10-7-11-8-15(11,4)6-5-13-12(10)9-14(13,2)3/h11-13H,1,5-9H2,2-4H3/t11-,12-,13-,15+/m1/s1. The van der Waals surface area contributed by atoms with Crippen LogP contribution in [0.4, 0.5) is 0 Å². The minimum atomic E-state index is 0.603. The van der Waals surface area contributed by atoms with Crippen molar-refractivity contribution in [2.75, 3.05) is 0 Å². The smallest absolute Gasteiger partial charge is 0.0167 e. The van der Waals surface area contributed by atoms with Crippen LogP contribution < -0.4 is 0 Å². The van der Waals surface area contributed by atoms with Crippen molar-refractivity contribution < 1.29 is 0 Å². The Morgan fingerprint density at radius 3 is 2.60 bits per heavy atom. The summed E-state index contributed by atoms with van der Waals surface area (Å²) in [6.45, 7) is 11.8. The average Bonchev–Trinajstić information content (AvgIpc) is 2.71. The number of hydrogen-bond acceptors (Lipinski definition) is 0. The van der Waals surface area contributed by atoms with Gasteiger partial charge in [-0.25, -0.2) is 0 Å². The fourth-order valence-electron chi connectivity index (χ4n) is 4.35. The summed E-state index contributed by atoms with van der Waals surface area (Å²) in [5.41, 5.74) is 2.90. The zero-order valence-corrected chi connectivity index (χ0v) is 10.5. The summed E-state index contributed by atoms with van der Waals surface area (Å²) in [4.78, 5) is 0. The van der Waals surface area contributed by atoms with Gasteiger partial charge in [-0.2, -0.15) is 0 Å². The second-order valence-electron chi connectivity index (χ2n) is 7.36. The van der Waals surface area contributed by atoms with E-state index in [9.17, 15) is 0 Å². The summed E-state index contributed by atoms with van der Waals surface area (Å²) in [5, 5.41) is 0. The molecule has 0 aromatic heterocycles. The zero-order chi connectivity index (χ0) is 10.8. The van der Waals surface area contributed by atoms with E-state index in [0.29, 0.717) is 10.8 Å². The van der Waals surface area contributed by atoms with Gasteiger partial charge in [0.15, 0.2) is 0 Å². The number of fused-ring (bicyclic) bond motifs is 2. The van der Waals surface area contributed by atoms with E-state index in [4.69, 9.17) is 0 Å². The van der Waals surface area contributed by atoms with E-state index in [2.05, 4.69) is 27.4 Å². The Morgan fingerprint density at radius 1 is 1.20 bits per heavy atom. The molecule has 3 saturated carbocycles. The molecule has 0 nitrogen and oxygen atoms in total. The van der Waals surface area contributed by atoms with Crippen molar-refractivity contribution in [2.24, 2.45) is 28.6 Å². The third-order valence-electron chi connectivity index (χ3n) is 5.83. The number of allylic oxidation sites excluding steroid dienone is 1. The summed E-state index contributed by atoms with van der Waals surface area (Å²) in [6.07, 6.45) is 7.17. The summed E-state index contributed by atoms with van der Waals surface area (Å²) in [6, 6.07) is 0. The second kappa shape index (κ2) is 2.70. The van der Waals surface area contributed by atoms with Crippen LogP contribution in [0.15, 0.2) is 12.2 Å². The SMILES string of the molecule is C=C1C[C@@H]2C[C@]2(C)CC[C@@H]2[C@@H]1CC2(C)C. The fourth-order valence-corrected chi connectivity index (χ4v) is 4.35. The maximum Gasteiger partial charge on any atom is -0.0167 e. The first kappa shape index (κ1) is 9.93. The topological polar surface area (TPSA) is 0 Å². The summed E-state index contributed by atoms with van der Waals surface area (Å²) in [5.74, 6) is 2.82. The van der Waals surface area contributed by atoms with Gasteiger partial charge in [-0.3, -0.25) is 0 Å². The van der Waals surface area contributed by atoms with E-state index >= 15 is 0 Å². The van der Waals surface area contributed by atoms with Gasteiger partial charge in [0, 0.05) is 0 Å². The minimum Gasteiger partial charge on any atom is -0.0996 e. The van der Waals surface area contributed by atoms with Crippen molar-refractivity contribution in [2.45, 2.75) is 52.9 Å². The maximum absolute atomic E-state index is 4.37. The van der Waals surface area contributed by atoms with Crippen molar-refractivity contribution in [3.63, 3.8) is 0 Å². The van der Waals surface area contributed by atoms with E-state index in [1.807, 2.05) is 0 Å². The predicted molar refractivity (Wildman–Crippen MR) is 64.6 cm³/mol. The van der Waals surface area contributed by atoms with Gasteiger partial charge in [0.1, 0.15) is 0 Å². The van der Waals surface area contributed by atoms with E-state index in [-0.39, 0.29) is 0 Å². The quantitative estimate of drug-likeness (QED) is 0.513. The molecule has 3 aliphatic rings. The van der Waals surface area contributed by atoms with Gasteiger partial charge < -0.3 is 0 Å². The zero-order valence-electron chi connectivity index (χ0n) is 10.5. The molecule has 0 bridgehead atoms. The van der Waals surface area contributed by atoms with Crippen LogP contribution in [0.3, 0.4) is 0 Å². The molecular formula is C15H24. The lowest BCUT2D eigenvalue weighted by molar-refractivity contribution is -0.00672. The van der Waals surface area contributed by atoms with Gasteiger partial charge >= 0.3 is 0 Å². The Hall–Kier alpha value is -0.260. The molecule has 0 radical (unpaired) electrons. The van der Waals surface area contributed by atoms with Crippen LogP contribution in [0.5, 0.6) is 0 Å². The van der Waals surface area contributed by atoms with Gasteiger partial charge in [-0.1, -0.05) is 32.9 Å². The first-order chi connectivity index (χ1) is 6.92. The molecule has 4 atom stereocenters. The molecule has 84 valence electrons. The predicted octanol–water partition coefficient (Wildman–Crippen LogP) is 4.42. The molecule has 3 aliphatic carbocycles. The molecule has 0 N–H and O–H groups in total. The highest BCUT2D eigenvalue weighted by Gasteiger charge is 2.56. The third-order valence-corrected chi connectivity index (χ3v) is 5.83. The van der Waals surface area contributed by atoms with Crippen LogP contribution in [-0.2, 0) is 0 Å². The Labute approximate surface area is 94.1 Å². The van der Waals surface area contributed by atoms with Crippen molar-refractivity contribution in [1.29, 1.82) is 0 Å². The van der Waals surface area contributed by atoms with Crippen molar-refractivity contribution in [3.05, 3.63) is 12.2 Å². The normalized spacial score (nSPS) is 51.9. The van der Waals surface area contributed by atoms with E-state index in [1.54, 1.807) is 5.57 Å². The second-order valence-corrected chi connectivity index (χ2v) is 7.36. The third kappa shape index (κ3) is 1.33. The Bertz CT molecular complexity index is 312. The minimum absolute atomic E-state index is 0.603. The molecule has 0 heteroatoms. The number of rotatable bonds is 0. The lowest BCUT2D eigenvalue weighted by Crippen LogP contribution is -2.45.